The molecule has 0 saturated carbocycles. The van der Waals surface area contributed by atoms with Crippen molar-refractivity contribution >= 4 is 12.6 Å². The van der Waals surface area contributed by atoms with Gasteiger partial charge in [0, 0.05) is 5.75 Å². The van der Waals surface area contributed by atoms with E-state index in [0.29, 0.717) is 17.4 Å². The van der Waals surface area contributed by atoms with Crippen molar-refractivity contribution in [1.82, 2.24) is 0 Å². The second kappa shape index (κ2) is 5.44. The Balaban J connectivity index is 2.86. The molecular formula is C11H10F4OS. The van der Waals surface area contributed by atoms with E-state index in [2.05, 4.69) is 19.2 Å². The maximum atomic E-state index is 12.9. The Kier molecular flexibility index (Phi) is 4.45. The van der Waals surface area contributed by atoms with Gasteiger partial charge in [-0.1, -0.05) is 6.58 Å². The van der Waals surface area contributed by atoms with Crippen LogP contribution in [0.5, 0.6) is 5.75 Å². The van der Waals surface area contributed by atoms with E-state index < -0.39 is 17.6 Å². The first-order valence-electron chi connectivity index (χ1n) is 4.61. The van der Waals surface area contributed by atoms with E-state index in [-0.39, 0.29) is 12.4 Å². The van der Waals surface area contributed by atoms with Crippen LogP contribution >= 0.6 is 12.6 Å². The lowest BCUT2D eigenvalue weighted by atomic mass is 10.2. The lowest BCUT2D eigenvalue weighted by Crippen LogP contribution is -2.09. The highest BCUT2D eigenvalue weighted by molar-refractivity contribution is 7.80. The number of ether oxygens (including phenoxy) is 1. The van der Waals surface area contributed by atoms with Crippen LogP contribution in [0.25, 0.3) is 0 Å². The first kappa shape index (κ1) is 13.9. The van der Waals surface area contributed by atoms with E-state index in [0.717, 1.165) is 12.1 Å². The fraction of sp³-hybridized carbons (Fsp3) is 0.273. The molecule has 0 N–H and O–H groups in total. The predicted molar refractivity (Wildman–Crippen MR) is 59.9 cm³/mol. The van der Waals surface area contributed by atoms with E-state index in [4.69, 9.17) is 4.74 Å². The zero-order valence-corrected chi connectivity index (χ0v) is 9.62. The second-order valence-electron chi connectivity index (χ2n) is 3.34. The molecule has 0 spiro atoms. The maximum Gasteiger partial charge on any atom is 0.419 e. The second-order valence-corrected chi connectivity index (χ2v) is 3.65. The Bertz CT molecular complexity index is 414. The SMILES string of the molecule is C=C(CS)COc1ccc(F)c(C(F)(F)F)c1. The van der Waals surface area contributed by atoms with Gasteiger partial charge >= 0.3 is 6.18 Å². The lowest BCUT2D eigenvalue weighted by molar-refractivity contribution is -0.140. The van der Waals surface area contributed by atoms with Gasteiger partial charge in [-0.25, -0.2) is 4.39 Å². The summed E-state index contributed by atoms with van der Waals surface area (Å²) in [5.74, 6) is -1.01. The summed E-state index contributed by atoms with van der Waals surface area (Å²) >= 11 is 3.92. The number of rotatable bonds is 4. The fourth-order valence-electron chi connectivity index (χ4n) is 1.04. The van der Waals surface area contributed by atoms with Crippen molar-refractivity contribution in [1.29, 1.82) is 0 Å². The van der Waals surface area contributed by atoms with Crippen molar-refractivity contribution < 1.29 is 22.3 Å². The molecule has 0 aromatic heterocycles. The predicted octanol–water partition coefficient (Wildman–Crippen LogP) is 3.71. The molecular weight excluding hydrogens is 256 g/mol. The standard InChI is InChI=1S/C11H10F4OS/c1-7(6-17)5-16-8-2-3-10(12)9(4-8)11(13,14)15/h2-4,17H,1,5-6H2. The van der Waals surface area contributed by atoms with Crippen LogP contribution < -0.4 is 4.74 Å². The molecule has 94 valence electrons. The molecule has 0 unspecified atom stereocenters. The average Bonchev–Trinajstić information content (AvgIpc) is 2.26. The number of hydrogen-bond donors (Lipinski definition) is 1. The first-order chi connectivity index (χ1) is 7.84. The van der Waals surface area contributed by atoms with Crippen LogP contribution in [0.1, 0.15) is 5.56 Å². The third kappa shape index (κ3) is 3.96. The Labute approximate surface area is 101 Å². The third-order valence-corrected chi connectivity index (χ3v) is 2.36. The topological polar surface area (TPSA) is 9.23 Å². The summed E-state index contributed by atoms with van der Waals surface area (Å²) in [5, 5.41) is 0. The summed E-state index contributed by atoms with van der Waals surface area (Å²) in [4.78, 5) is 0. The smallest absolute Gasteiger partial charge is 0.419 e. The quantitative estimate of drug-likeness (QED) is 0.496. The van der Waals surface area contributed by atoms with Gasteiger partial charge in [0.1, 0.15) is 18.2 Å². The Morgan fingerprint density at radius 1 is 1.35 bits per heavy atom. The summed E-state index contributed by atoms with van der Waals surface area (Å²) in [7, 11) is 0. The van der Waals surface area contributed by atoms with E-state index in [9.17, 15) is 17.6 Å². The van der Waals surface area contributed by atoms with Gasteiger partial charge in [-0.05, 0) is 23.8 Å². The summed E-state index contributed by atoms with van der Waals surface area (Å²) < 4.78 is 55.1. The van der Waals surface area contributed by atoms with Gasteiger partial charge in [0.15, 0.2) is 0 Å². The maximum absolute atomic E-state index is 12.9. The molecule has 0 aliphatic heterocycles. The van der Waals surface area contributed by atoms with Crippen molar-refractivity contribution in [3.8, 4) is 5.75 Å². The fourth-order valence-corrected chi connectivity index (χ4v) is 1.13. The van der Waals surface area contributed by atoms with Crippen LogP contribution in [0, 0.1) is 5.82 Å². The Hall–Kier alpha value is -1.17. The number of halogens is 4. The molecule has 0 saturated heterocycles. The normalized spacial score (nSPS) is 11.4. The highest BCUT2D eigenvalue weighted by atomic mass is 32.1. The molecule has 0 heterocycles. The lowest BCUT2D eigenvalue weighted by Gasteiger charge is -2.11. The zero-order valence-electron chi connectivity index (χ0n) is 8.72. The molecule has 1 rings (SSSR count). The molecule has 0 amide bonds. The van der Waals surface area contributed by atoms with Crippen LogP contribution in [0.4, 0.5) is 17.6 Å². The number of alkyl halides is 3. The van der Waals surface area contributed by atoms with E-state index in [1.807, 2.05) is 0 Å². The molecule has 0 aliphatic rings. The van der Waals surface area contributed by atoms with Crippen LogP contribution in [-0.4, -0.2) is 12.4 Å². The van der Waals surface area contributed by atoms with Gasteiger partial charge in [0.25, 0.3) is 0 Å². The van der Waals surface area contributed by atoms with Crippen LogP contribution in [0.15, 0.2) is 30.4 Å². The molecule has 0 fully saturated rings. The van der Waals surface area contributed by atoms with E-state index >= 15 is 0 Å². The van der Waals surface area contributed by atoms with Crippen molar-refractivity contribution in [2.75, 3.05) is 12.4 Å². The van der Waals surface area contributed by atoms with E-state index in [1.54, 1.807) is 0 Å². The van der Waals surface area contributed by atoms with Gasteiger partial charge in [-0.2, -0.15) is 25.8 Å². The number of benzene rings is 1. The zero-order chi connectivity index (χ0) is 13.1. The van der Waals surface area contributed by atoms with Gasteiger partial charge in [-0.3, -0.25) is 0 Å². The Morgan fingerprint density at radius 2 is 2.00 bits per heavy atom. The molecule has 17 heavy (non-hydrogen) atoms. The molecule has 0 bridgehead atoms. The molecule has 1 nitrogen and oxygen atoms in total. The van der Waals surface area contributed by atoms with Crippen LogP contribution in [-0.2, 0) is 6.18 Å². The summed E-state index contributed by atoms with van der Waals surface area (Å²) in [6.07, 6.45) is -4.73. The van der Waals surface area contributed by atoms with Gasteiger partial charge < -0.3 is 4.74 Å². The molecule has 0 radical (unpaired) electrons. The molecule has 6 heteroatoms. The largest absolute Gasteiger partial charge is 0.489 e. The molecule has 0 aliphatic carbocycles. The molecule has 1 aromatic rings. The van der Waals surface area contributed by atoms with Gasteiger partial charge in [-0.15, -0.1) is 0 Å². The molecule has 1 aromatic carbocycles. The average molecular weight is 266 g/mol. The van der Waals surface area contributed by atoms with Crippen LogP contribution in [0.2, 0.25) is 0 Å². The minimum atomic E-state index is -4.73. The van der Waals surface area contributed by atoms with E-state index in [1.165, 1.54) is 0 Å². The van der Waals surface area contributed by atoms with Crippen molar-refractivity contribution in [2.45, 2.75) is 6.18 Å². The monoisotopic (exact) mass is 266 g/mol. The minimum absolute atomic E-state index is 0.0480. The first-order valence-corrected chi connectivity index (χ1v) is 5.25. The highest BCUT2D eigenvalue weighted by Crippen LogP contribution is 2.33. The minimum Gasteiger partial charge on any atom is -0.489 e. The van der Waals surface area contributed by atoms with Gasteiger partial charge in [0.2, 0.25) is 0 Å². The summed E-state index contributed by atoms with van der Waals surface area (Å²) in [6, 6.07) is 2.49. The number of thiol groups is 1. The third-order valence-electron chi connectivity index (χ3n) is 1.91. The van der Waals surface area contributed by atoms with Crippen molar-refractivity contribution in [3.63, 3.8) is 0 Å². The van der Waals surface area contributed by atoms with Gasteiger partial charge in [0.05, 0.1) is 5.56 Å². The highest BCUT2D eigenvalue weighted by Gasteiger charge is 2.34. The summed E-state index contributed by atoms with van der Waals surface area (Å²) in [5.41, 5.74) is -0.724. The van der Waals surface area contributed by atoms with Crippen molar-refractivity contribution in [3.05, 3.63) is 41.7 Å². The van der Waals surface area contributed by atoms with Crippen molar-refractivity contribution in [2.24, 2.45) is 0 Å². The summed E-state index contributed by atoms with van der Waals surface area (Å²) in [6.45, 7) is 3.63. The Morgan fingerprint density at radius 3 is 2.53 bits per heavy atom. The van der Waals surface area contributed by atoms with Crippen LogP contribution in [0.3, 0.4) is 0 Å². The molecule has 0 atom stereocenters. The number of hydrogen-bond acceptors (Lipinski definition) is 2.